The van der Waals surface area contributed by atoms with Gasteiger partial charge >= 0.3 is 0 Å². The van der Waals surface area contributed by atoms with Crippen LogP contribution in [0.1, 0.15) is 6.42 Å². The Morgan fingerprint density at radius 3 is 2.94 bits per heavy atom. The van der Waals surface area contributed by atoms with Crippen LogP contribution in [0.3, 0.4) is 0 Å². The van der Waals surface area contributed by atoms with Crippen LogP contribution in [0, 0.1) is 5.92 Å². The molecule has 1 aliphatic rings. The summed E-state index contributed by atoms with van der Waals surface area (Å²) in [6, 6.07) is 7.48. The number of anilines is 1. The van der Waals surface area contributed by atoms with E-state index in [2.05, 4.69) is 0 Å². The Morgan fingerprint density at radius 2 is 2.18 bits per heavy atom. The van der Waals surface area contributed by atoms with Crippen LogP contribution in [-0.4, -0.2) is 33.0 Å². The van der Waals surface area contributed by atoms with Gasteiger partial charge in [-0.3, -0.25) is 0 Å². The molecule has 1 heterocycles. The fourth-order valence-corrected chi connectivity index (χ4v) is 1.79. The van der Waals surface area contributed by atoms with E-state index in [0.29, 0.717) is 24.8 Å². The maximum Gasteiger partial charge on any atom is 0.142 e. The Balaban J connectivity index is 1.58. The monoisotopic (exact) mass is 237 g/mol. The molecule has 0 aliphatic carbocycles. The molecule has 4 heteroatoms. The lowest BCUT2D eigenvalue weighted by Crippen LogP contribution is -2.14. The van der Waals surface area contributed by atoms with E-state index < -0.39 is 0 Å². The third-order valence-corrected chi connectivity index (χ3v) is 2.78. The van der Waals surface area contributed by atoms with Crippen LogP contribution < -0.4 is 10.5 Å². The standard InChI is InChI=1S/C13H19NO3/c14-12-3-1-2-4-13(12)17-8-7-16-10-11-5-6-15-9-11/h1-4,11H,5-10,14H2. The van der Waals surface area contributed by atoms with Gasteiger partial charge in [0, 0.05) is 12.5 Å². The average Bonchev–Trinajstić information content (AvgIpc) is 2.84. The van der Waals surface area contributed by atoms with Crippen molar-refractivity contribution in [3.05, 3.63) is 24.3 Å². The summed E-state index contributed by atoms with van der Waals surface area (Å²) >= 11 is 0. The summed E-state index contributed by atoms with van der Waals surface area (Å²) in [5, 5.41) is 0. The van der Waals surface area contributed by atoms with E-state index in [9.17, 15) is 0 Å². The molecule has 2 N–H and O–H groups in total. The van der Waals surface area contributed by atoms with Crippen molar-refractivity contribution in [2.45, 2.75) is 6.42 Å². The van der Waals surface area contributed by atoms with E-state index in [1.165, 1.54) is 0 Å². The minimum atomic E-state index is 0.530. The molecule has 1 atom stereocenters. The van der Waals surface area contributed by atoms with E-state index in [1.54, 1.807) is 0 Å². The summed E-state index contributed by atoms with van der Waals surface area (Å²) in [5.74, 6) is 1.28. The van der Waals surface area contributed by atoms with Gasteiger partial charge in [0.2, 0.25) is 0 Å². The lowest BCUT2D eigenvalue weighted by molar-refractivity contribution is 0.0685. The summed E-state index contributed by atoms with van der Waals surface area (Å²) in [4.78, 5) is 0. The maximum absolute atomic E-state index is 5.75. The Bertz CT molecular complexity index is 337. The zero-order chi connectivity index (χ0) is 11.9. The van der Waals surface area contributed by atoms with Crippen molar-refractivity contribution >= 4 is 5.69 Å². The van der Waals surface area contributed by atoms with Gasteiger partial charge in [-0.1, -0.05) is 12.1 Å². The number of hydrogen-bond donors (Lipinski definition) is 1. The molecule has 1 aliphatic heterocycles. The van der Waals surface area contributed by atoms with Crippen LogP contribution in [0.25, 0.3) is 0 Å². The minimum Gasteiger partial charge on any atom is -0.489 e. The number of benzene rings is 1. The van der Waals surface area contributed by atoms with Crippen LogP contribution in [0.4, 0.5) is 5.69 Å². The van der Waals surface area contributed by atoms with Gasteiger partial charge in [0.15, 0.2) is 0 Å². The fraction of sp³-hybridized carbons (Fsp3) is 0.538. The smallest absolute Gasteiger partial charge is 0.142 e. The molecule has 4 nitrogen and oxygen atoms in total. The predicted molar refractivity (Wildman–Crippen MR) is 66.1 cm³/mol. The Morgan fingerprint density at radius 1 is 1.29 bits per heavy atom. The van der Waals surface area contributed by atoms with Crippen molar-refractivity contribution in [2.24, 2.45) is 5.92 Å². The zero-order valence-corrected chi connectivity index (χ0v) is 9.93. The molecule has 2 rings (SSSR count). The normalized spacial score (nSPS) is 19.4. The van der Waals surface area contributed by atoms with Crippen molar-refractivity contribution < 1.29 is 14.2 Å². The van der Waals surface area contributed by atoms with Crippen LogP contribution in [-0.2, 0) is 9.47 Å². The topological polar surface area (TPSA) is 53.7 Å². The van der Waals surface area contributed by atoms with Crippen molar-refractivity contribution in [1.29, 1.82) is 0 Å². The third-order valence-electron chi connectivity index (χ3n) is 2.78. The van der Waals surface area contributed by atoms with Crippen molar-refractivity contribution in [3.63, 3.8) is 0 Å². The first-order valence-electron chi connectivity index (χ1n) is 5.99. The second kappa shape index (κ2) is 6.47. The second-order valence-corrected chi connectivity index (χ2v) is 4.19. The van der Waals surface area contributed by atoms with Gasteiger partial charge in [-0.15, -0.1) is 0 Å². The highest BCUT2D eigenvalue weighted by atomic mass is 16.5. The van der Waals surface area contributed by atoms with E-state index in [0.717, 1.165) is 32.0 Å². The highest BCUT2D eigenvalue weighted by Crippen LogP contribution is 2.19. The molecule has 94 valence electrons. The molecule has 1 fully saturated rings. The Kier molecular flexibility index (Phi) is 4.64. The first-order valence-corrected chi connectivity index (χ1v) is 5.99. The van der Waals surface area contributed by atoms with Gasteiger partial charge in [0.05, 0.1) is 25.5 Å². The quantitative estimate of drug-likeness (QED) is 0.604. The highest BCUT2D eigenvalue weighted by Gasteiger charge is 2.15. The lowest BCUT2D eigenvalue weighted by atomic mass is 10.1. The van der Waals surface area contributed by atoms with Crippen molar-refractivity contribution in [2.75, 3.05) is 38.8 Å². The summed E-state index contributed by atoms with van der Waals surface area (Å²) in [7, 11) is 0. The highest BCUT2D eigenvalue weighted by molar-refractivity contribution is 5.51. The van der Waals surface area contributed by atoms with Gasteiger partial charge in [-0.05, 0) is 18.6 Å². The molecule has 0 spiro atoms. The molecule has 1 aromatic carbocycles. The summed E-state index contributed by atoms with van der Waals surface area (Å²) < 4.78 is 16.3. The largest absolute Gasteiger partial charge is 0.489 e. The number of nitrogen functional groups attached to an aromatic ring is 1. The molecule has 0 aromatic heterocycles. The third kappa shape index (κ3) is 3.91. The van der Waals surface area contributed by atoms with E-state index in [1.807, 2.05) is 24.3 Å². The molecule has 17 heavy (non-hydrogen) atoms. The number of para-hydroxylation sites is 2. The Labute approximate surface area is 102 Å². The average molecular weight is 237 g/mol. The molecule has 0 saturated carbocycles. The van der Waals surface area contributed by atoms with Crippen LogP contribution in [0.5, 0.6) is 5.75 Å². The van der Waals surface area contributed by atoms with Crippen LogP contribution >= 0.6 is 0 Å². The van der Waals surface area contributed by atoms with Gasteiger partial charge in [-0.25, -0.2) is 0 Å². The maximum atomic E-state index is 5.75. The van der Waals surface area contributed by atoms with Gasteiger partial charge < -0.3 is 19.9 Å². The molecule has 1 saturated heterocycles. The van der Waals surface area contributed by atoms with Crippen molar-refractivity contribution in [1.82, 2.24) is 0 Å². The van der Waals surface area contributed by atoms with Crippen LogP contribution in [0.2, 0.25) is 0 Å². The predicted octanol–water partition coefficient (Wildman–Crippen LogP) is 1.70. The van der Waals surface area contributed by atoms with Crippen LogP contribution in [0.15, 0.2) is 24.3 Å². The summed E-state index contributed by atoms with van der Waals surface area (Å²) in [5.41, 5.74) is 6.42. The Hall–Kier alpha value is -1.26. The molecule has 0 amide bonds. The molecule has 1 unspecified atom stereocenters. The lowest BCUT2D eigenvalue weighted by Gasteiger charge is -2.10. The number of nitrogens with two attached hydrogens (primary N) is 1. The second-order valence-electron chi connectivity index (χ2n) is 4.19. The molecule has 1 aromatic rings. The molecular weight excluding hydrogens is 218 g/mol. The SMILES string of the molecule is Nc1ccccc1OCCOCC1CCOC1. The number of ether oxygens (including phenoxy) is 3. The van der Waals surface area contributed by atoms with E-state index in [4.69, 9.17) is 19.9 Å². The zero-order valence-electron chi connectivity index (χ0n) is 9.93. The van der Waals surface area contributed by atoms with Crippen molar-refractivity contribution in [3.8, 4) is 5.75 Å². The van der Waals surface area contributed by atoms with Gasteiger partial charge in [0.25, 0.3) is 0 Å². The summed E-state index contributed by atoms with van der Waals surface area (Å²) in [6.07, 6.45) is 1.10. The number of rotatable bonds is 6. The first kappa shape index (κ1) is 12.2. The molecule has 0 radical (unpaired) electrons. The number of hydrogen-bond acceptors (Lipinski definition) is 4. The van der Waals surface area contributed by atoms with E-state index >= 15 is 0 Å². The summed E-state index contributed by atoms with van der Waals surface area (Å²) in [6.45, 7) is 3.57. The van der Waals surface area contributed by atoms with Gasteiger partial charge in [0.1, 0.15) is 12.4 Å². The van der Waals surface area contributed by atoms with Gasteiger partial charge in [-0.2, -0.15) is 0 Å². The van der Waals surface area contributed by atoms with E-state index in [-0.39, 0.29) is 0 Å². The molecule has 0 bridgehead atoms. The first-order chi connectivity index (χ1) is 8.36. The minimum absolute atomic E-state index is 0.530. The molecular formula is C13H19NO3. The fourth-order valence-electron chi connectivity index (χ4n) is 1.79.